The highest BCUT2D eigenvalue weighted by molar-refractivity contribution is 5.87. The minimum absolute atomic E-state index is 0.0621. The van der Waals surface area contributed by atoms with Gasteiger partial charge in [0.05, 0.1) is 5.56 Å². The molecule has 1 aliphatic rings. The summed E-state index contributed by atoms with van der Waals surface area (Å²) in [6.07, 6.45) is 0.717. The third-order valence-electron chi connectivity index (χ3n) is 3.42. The molecule has 2 nitrogen and oxygen atoms in total. The maximum Gasteiger partial charge on any atom is 0.335 e. The standard InChI is InChI=1S/C16H16F2O2/c17-14-3-1-2-9-16(18,10-8-14)11-12-4-6-13(7-5-12)15(19)20/h4-7,14H,1-3,9,11H2,(H,19,20). The van der Waals surface area contributed by atoms with Crippen LogP contribution in [0.3, 0.4) is 0 Å². The van der Waals surface area contributed by atoms with Crippen molar-refractivity contribution in [2.24, 2.45) is 0 Å². The summed E-state index contributed by atoms with van der Waals surface area (Å²) in [6.45, 7) is 0. The Morgan fingerprint density at radius 2 is 2.05 bits per heavy atom. The van der Waals surface area contributed by atoms with E-state index in [1.165, 1.54) is 12.1 Å². The Hall–Kier alpha value is -1.89. The molecule has 2 atom stereocenters. The predicted molar refractivity (Wildman–Crippen MR) is 72.1 cm³/mol. The van der Waals surface area contributed by atoms with Gasteiger partial charge in [-0.3, -0.25) is 0 Å². The van der Waals surface area contributed by atoms with Crippen LogP contribution in [0.5, 0.6) is 0 Å². The quantitative estimate of drug-likeness (QED) is 0.858. The summed E-state index contributed by atoms with van der Waals surface area (Å²) in [6, 6.07) is 6.04. The number of hydrogen-bond acceptors (Lipinski definition) is 1. The summed E-state index contributed by atoms with van der Waals surface area (Å²) in [4.78, 5) is 10.7. The van der Waals surface area contributed by atoms with E-state index in [1.807, 2.05) is 0 Å². The first-order valence-electron chi connectivity index (χ1n) is 6.66. The van der Waals surface area contributed by atoms with Crippen molar-refractivity contribution in [2.45, 2.75) is 43.9 Å². The second kappa shape index (κ2) is 6.04. The molecule has 1 aromatic rings. The van der Waals surface area contributed by atoms with Crippen molar-refractivity contribution < 1.29 is 18.7 Å². The Labute approximate surface area is 116 Å². The monoisotopic (exact) mass is 278 g/mol. The van der Waals surface area contributed by atoms with Gasteiger partial charge in [0, 0.05) is 6.42 Å². The lowest BCUT2D eigenvalue weighted by atomic mass is 9.89. The number of rotatable bonds is 3. The van der Waals surface area contributed by atoms with Gasteiger partial charge in [-0.15, -0.1) is 0 Å². The van der Waals surface area contributed by atoms with Crippen molar-refractivity contribution in [3.63, 3.8) is 0 Å². The molecule has 1 aliphatic carbocycles. The molecule has 20 heavy (non-hydrogen) atoms. The molecule has 0 fully saturated rings. The number of alkyl halides is 2. The van der Waals surface area contributed by atoms with E-state index in [9.17, 15) is 13.6 Å². The number of carbonyl (C=O) groups is 1. The Morgan fingerprint density at radius 3 is 2.70 bits per heavy atom. The van der Waals surface area contributed by atoms with Crippen LogP contribution in [-0.2, 0) is 6.42 Å². The topological polar surface area (TPSA) is 37.3 Å². The first-order chi connectivity index (χ1) is 9.48. The summed E-state index contributed by atoms with van der Waals surface area (Å²) in [7, 11) is 0. The molecular formula is C16H16F2O2. The molecule has 2 unspecified atom stereocenters. The van der Waals surface area contributed by atoms with Gasteiger partial charge in [-0.25, -0.2) is 13.6 Å². The SMILES string of the molecule is O=C(O)c1ccc(CC2(F)C#CC(F)CCCC2)cc1. The number of benzene rings is 1. The van der Waals surface area contributed by atoms with Crippen LogP contribution in [0.25, 0.3) is 0 Å². The van der Waals surface area contributed by atoms with Gasteiger partial charge in [0.1, 0.15) is 0 Å². The lowest BCUT2D eigenvalue weighted by molar-refractivity contribution is 0.0697. The highest BCUT2D eigenvalue weighted by Crippen LogP contribution is 2.27. The zero-order chi connectivity index (χ0) is 14.6. The normalized spacial score (nSPS) is 26.0. The average molecular weight is 278 g/mol. The zero-order valence-corrected chi connectivity index (χ0v) is 11.0. The summed E-state index contributed by atoms with van der Waals surface area (Å²) in [5.74, 6) is 3.75. The van der Waals surface area contributed by atoms with Gasteiger partial charge in [-0.05, 0) is 43.4 Å². The number of carboxylic acids is 1. The van der Waals surface area contributed by atoms with E-state index >= 15 is 0 Å². The second-order valence-corrected chi connectivity index (χ2v) is 5.13. The fraction of sp³-hybridized carbons (Fsp3) is 0.438. The van der Waals surface area contributed by atoms with Crippen molar-refractivity contribution in [1.29, 1.82) is 0 Å². The molecule has 0 saturated heterocycles. The van der Waals surface area contributed by atoms with Crippen LogP contribution in [0.2, 0.25) is 0 Å². The summed E-state index contributed by atoms with van der Waals surface area (Å²) < 4.78 is 27.9. The van der Waals surface area contributed by atoms with Gasteiger partial charge < -0.3 is 5.11 Å². The van der Waals surface area contributed by atoms with Crippen LogP contribution in [0.4, 0.5) is 8.78 Å². The fourth-order valence-electron chi connectivity index (χ4n) is 2.29. The molecule has 0 aromatic heterocycles. The first kappa shape index (κ1) is 14.5. The van der Waals surface area contributed by atoms with E-state index in [1.54, 1.807) is 12.1 Å². The lowest BCUT2D eigenvalue weighted by Crippen LogP contribution is -2.25. The summed E-state index contributed by atoms with van der Waals surface area (Å²) >= 11 is 0. The van der Waals surface area contributed by atoms with E-state index in [-0.39, 0.29) is 18.4 Å². The Balaban J connectivity index is 2.14. The van der Waals surface area contributed by atoms with Gasteiger partial charge >= 0.3 is 5.97 Å². The van der Waals surface area contributed by atoms with Crippen LogP contribution >= 0.6 is 0 Å². The fourth-order valence-corrected chi connectivity index (χ4v) is 2.29. The Bertz CT molecular complexity index is 542. The van der Waals surface area contributed by atoms with E-state index in [4.69, 9.17) is 5.11 Å². The number of hydrogen-bond donors (Lipinski definition) is 1. The maximum absolute atomic E-state index is 14.7. The summed E-state index contributed by atoms with van der Waals surface area (Å²) in [5.41, 5.74) is -0.896. The van der Waals surface area contributed by atoms with Crippen molar-refractivity contribution >= 4 is 5.97 Å². The third kappa shape index (κ3) is 3.80. The molecule has 0 saturated carbocycles. The number of carboxylic acid groups (broad SMARTS) is 1. The maximum atomic E-state index is 14.7. The minimum Gasteiger partial charge on any atom is -0.478 e. The van der Waals surface area contributed by atoms with Gasteiger partial charge in [0.15, 0.2) is 11.8 Å². The molecule has 0 spiro atoms. The van der Waals surface area contributed by atoms with E-state index < -0.39 is 17.8 Å². The molecule has 0 amide bonds. The van der Waals surface area contributed by atoms with Gasteiger partial charge in [0.2, 0.25) is 0 Å². The van der Waals surface area contributed by atoms with Crippen molar-refractivity contribution in [3.05, 3.63) is 35.4 Å². The first-order valence-corrected chi connectivity index (χ1v) is 6.66. The molecule has 0 radical (unpaired) electrons. The highest BCUT2D eigenvalue weighted by atomic mass is 19.1. The van der Waals surface area contributed by atoms with Gasteiger partial charge in [-0.2, -0.15) is 0 Å². The second-order valence-electron chi connectivity index (χ2n) is 5.13. The molecular weight excluding hydrogens is 262 g/mol. The molecule has 106 valence electrons. The molecule has 1 N–H and O–H groups in total. The molecule has 4 heteroatoms. The molecule has 0 aliphatic heterocycles. The van der Waals surface area contributed by atoms with E-state index in [0.717, 1.165) is 0 Å². The molecule has 1 aromatic carbocycles. The molecule has 0 bridgehead atoms. The predicted octanol–water partition coefficient (Wildman–Crippen LogP) is 3.55. The Morgan fingerprint density at radius 1 is 1.35 bits per heavy atom. The van der Waals surface area contributed by atoms with Gasteiger partial charge in [-0.1, -0.05) is 24.0 Å². The highest BCUT2D eigenvalue weighted by Gasteiger charge is 2.28. The van der Waals surface area contributed by atoms with Crippen LogP contribution in [-0.4, -0.2) is 22.9 Å². The van der Waals surface area contributed by atoms with Crippen LogP contribution in [0.15, 0.2) is 24.3 Å². The smallest absolute Gasteiger partial charge is 0.335 e. The minimum atomic E-state index is -1.73. The number of aromatic carboxylic acids is 1. The van der Waals surface area contributed by atoms with Crippen LogP contribution in [0, 0.1) is 11.8 Å². The molecule has 2 rings (SSSR count). The zero-order valence-electron chi connectivity index (χ0n) is 11.0. The van der Waals surface area contributed by atoms with Crippen molar-refractivity contribution in [3.8, 4) is 11.8 Å². The Kier molecular flexibility index (Phi) is 4.39. The lowest BCUT2D eigenvalue weighted by Gasteiger charge is -2.21. The average Bonchev–Trinajstić information content (AvgIpc) is 2.41. The molecule has 0 heterocycles. The number of halogens is 2. The third-order valence-corrected chi connectivity index (χ3v) is 3.42. The van der Waals surface area contributed by atoms with Gasteiger partial charge in [0.25, 0.3) is 0 Å². The van der Waals surface area contributed by atoms with Crippen LogP contribution < -0.4 is 0 Å². The summed E-state index contributed by atoms with van der Waals surface area (Å²) in [5, 5.41) is 8.81. The van der Waals surface area contributed by atoms with Crippen LogP contribution in [0.1, 0.15) is 41.6 Å². The largest absolute Gasteiger partial charge is 0.478 e. The van der Waals surface area contributed by atoms with Crippen molar-refractivity contribution in [1.82, 2.24) is 0 Å². The van der Waals surface area contributed by atoms with E-state index in [0.29, 0.717) is 24.8 Å². The van der Waals surface area contributed by atoms with Crippen molar-refractivity contribution in [2.75, 3.05) is 0 Å². The van der Waals surface area contributed by atoms with E-state index in [2.05, 4.69) is 11.8 Å².